The summed E-state index contributed by atoms with van der Waals surface area (Å²) in [5.74, 6) is 0. The molecule has 2 aromatic carbocycles. The fourth-order valence-electron chi connectivity index (χ4n) is 6.31. The first-order valence-corrected chi connectivity index (χ1v) is 11.2. The van der Waals surface area contributed by atoms with Crippen molar-refractivity contribution in [1.82, 2.24) is 0 Å². The smallest absolute Gasteiger partial charge is 0.198 e. The number of hydrogen-bond acceptors (Lipinski definition) is 0. The van der Waals surface area contributed by atoms with Crippen molar-refractivity contribution < 1.29 is 4.57 Å². The molecule has 3 aromatic rings. The van der Waals surface area contributed by atoms with Crippen molar-refractivity contribution in [1.29, 1.82) is 0 Å². The summed E-state index contributed by atoms with van der Waals surface area (Å²) >= 11 is 0. The average molecular weight is 383 g/mol. The molecular weight excluding hydrogens is 350 g/mol. The Balaban J connectivity index is 1.96. The molecule has 0 saturated carbocycles. The number of aryl methyl sites for hydroxylation is 2. The molecule has 148 valence electrons. The van der Waals surface area contributed by atoms with E-state index in [1.54, 1.807) is 5.56 Å². The summed E-state index contributed by atoms with van der Waals surface area (Å²) in [5.41, 5.74) is 12.1. The molecule has 1 nitrogen and oxygen atoms in total. The lowest BCUT2D eigenvalue weighted by molar-refractivity contribution is -0.687. The number of rotatable bonds is 3. The van der Waals surface area contributed by atoms with Gasteiger partial charge in [-0.1, -0.05) is 70.2 Å². The minimum Gasteiger partial charge on any atom is -0.198 e. The van der Waals surface area contributed by atoms with Crippen LogP contribution < -0.4 is 4.57 Å². The van der Waals surface area contributed by atoms with E-state index in [1.807, 2.05) is 0 Å². The fourth-order valence-corrected chi connectivity index (χ4v) is 6.31. The van der Waals surface area contributed by atoms with Gasteiger partial charge in [0.05, 0.1) is 5.56 Å². The van der Waals surface area contributed by atoms with Gasteiger partial charge in [0.2, 0.25) is 5.69 Å². The van der Waals surface area contributed by atoms with E-state index in [-0.39, 0.29) is 10.8 Å². The SMILES string of the molecule is CCC1(CC)CC[n+]2ccc(C)c3c2-c2c1ccc(-c1ccccc1)c2C3(C)C. The molecule has 0 unspecified atom stereocenters. The maximum atomic E-state index is 2.56. The van der Waals surface area contributed by atoms with Crippen molar-refractivity contribution in [2.24, 2.45) is 0 Å². The van der Waals surface area contributed by atoms with Crippen LogP contribution in [0.2, 0.25) is 0 Å². The van der Waals surface area contributed by atoms with Crippen LogP contribution in [0.5, 0.6) is 0 Å². The average Bonchev–Trinajstić information content (AvgIpc) is 2.91. The maximum absolute atomic E-state index is 2.56. The first-order chi connectivity index (χ1) is 13.9. The van der Waals surface area contributed by atoms with E-state index in [4.69, 9.17) is 0 Å². The van der Waals surface area contributed by atoms with Crippen LogP contribution in [-0.2, 0) is 17.4 Å². The second-order valence-corrected chi connectivity index (χ2v) is 9.55. The van der Waals surface area contributed by atoms with Crippen LogP contribution >= 0.6 is 0 Å². The maximum Gasteiger partial charge on any atom is 0.217 e. The first kappa shape index (κ1) is 18.6. The van der Waals surface area contributed by atoms with Gasteiger partial charge in [-0.2, -0.15) is 4.57 Å². The molecular formula is C28H32N+. The van der Waals surface area contributed by atoms with Gasteiger partial charge >= 0.3 is 0 Å². The van der Waals surface area contributed by atoms with Gasteiger partial charge in [-0.15, -0.1) is 0 Å². The van der Waals surface area contributed by atoms with Crippen LogP contribution in [0.15, 0.2) is 54.7 Å². The quantitative estimate of drug-likeness (QED) is 0.443. The molecule has 0 saturated heterocycles. The molecule has 0 bridgehead atoms. The highest BCUT2D eigenvalue weighted by atomic mass is 15.0. The molecule has 0 atom stereocenters. The lowest BCUT2D eigenvalue weighted by Gasteiger charge is -2.33. The van der Waals surface area contributed by atoms with E-state index in [2.05, 4.69) is 93.9 Å². The third-order valence-corrected chi connectivity index (χ3v) is 7.96. The Labute approximate surface area is 175 Å². The Morgan fingerprint density at radius 1 is 0.897 bits per heavy atom. The molecule has 0 spiro atoms. The normalized spacial score (nSPS) is 17.7. The molecule has 1 aliphatic heterocycles. The Bertz CT molecular complexity index is 1100. The number of aromatic nitrogens is 1. The van der Waals surface area contributed by atoms with Crippen molar-refractivity contribution in [3.05, 3.63) is 77.0 Å². The third kappa shape index (κ3) is 2.37. The summed E-state index contributed by atoms with van der Waals surface area (Å²) in [6.07, 6.45) is 5.95. The van der Waals surface area contributed by atoms with E-state index in [0.29, 0.717) is 0 Å². The van der Waals surface area contributed by atoms with Gasteiger partial charge in [-0.05, 0) is 47.6 Å². The van der Waals surface area contributed by atoms with Crippen molar-refractivity contribution in [3.8, 4) is 22.4 Å². The summed E-state index contributed by atoms with van der Waals surface area (Å²) in [7, 11) is 0. The second-order valence-electron chi connectivity index (χ2n) is 9.55. The monoisotopic (exact) mass is 382 g/mol. The van der Waals surface area contributed by atoms with Crippen LogP contribution in [0.3, 0.4) is 0 Å². The molecule has 2 heterocycles. The van der Waals surface area contributed by atoms with Gasteiger partial charge in [0, 0.05) is 28.9 Å². The zero-order valence-electron chi connectivity index (χ0n) is 18.5. The van der Waals surface area contributed by atoms with Gasteiger partial charge < -0.3 is 0 Å². The predicted octanol–water partition coefficient (Wildman–Crippen LogP) is 6.72. The van der Waals surface area contributed by atoms with E-state index >= 15 is 0 Å². The molecule has 5 rings (SSSR count). The van der Waals surface area contributed by atoms with Crippen LogP contribution in [0, 0.1) is 6.92 Å². The van der Waals surface area contributed by atoms with Crippen LogP contribution in [-0.4, -0.2) is 0 Å². The Kier molecular flexibility index (Phi) is 4.04. The van der Waals surface area contributed by atoms with E-state index in [0.717, 1.165) is 6.54 Å². The van der Waals surface area contributed by atoms with Crippen molar-refractivity contribution in [2.75, 3.05) is 0 Å². The Hall–Kier alpha value is -2.41. The Morgan fingerprint density at radius 3 is 2.31 bits per heavy atom. The minimum absolute atomic E-state index is 0.00348. The second kappa shape index (κ2) is 6.29. The molecule has 0 fully saturated rings. The standard InChI is InChI=1S/C28H32N/c1-6-28(7-2)16-18-29-17-15-19(3)24-26(29)23-22(28)14-13-21(25(23)27(24,4)5)20-11-9-8-10-12-20/h8-15,17H,6-7,16,18H2,1-5H3/q+1. The fraction of sp³-hybridized carbons (Fsp3) is 0.393. The molecule has 2 aliphatic rings. The molecule has 0 amide bonds. The lowest BCUT2D eigenvalue weighted by Crippen LogP contribution is -2.38. The van der Waals surface area contributed by atoms with E-state index in [9.17, 15) is 0 Å². The Morgan fingerprint density at radius 2 is 1.62 bits per heavy atom. The molecule has 0 radical (unpaired) electrons. The number of hydrogen-bond donors (Lipinski definition) is 0. The summed E-state index contributed by atoms with van der Waals surface area (Å²) in [6, 6.07) is 18.2. The first-order valence-electron chi connectivity index (χ1n) is 11.2. The van der Waals surface area contributed by atoms with Crippen LogP contribution in [0.25, 0.3) is 22.4 Å². The summed E-state index contributed by atoms with van der Waals surface area (Å²) in [5, 5.41) is 0. The van der Waals surface area contributed by atoms with E-state index in [1.165, 1.54) is 58.3 Å². The predicted molar refractivity (Wildman–Crippen MR) is 121 cm³/mol. The highest BCUT2D eigenvalue weighted by Gasteiger charge is 2.49. The molecule has 0 N–H and O–H groups in total. The summed E-state index contributed by atoms with van der Waals surface area (Å²) in [4.78, 5) is 0. The molecule has 1 aromatic heterocycles. The van der Waals surface area contributed by atoms with Gasteiger partial charge in [-0.3, -0.25) is 0 Å². The zero-order chi connectivity index (χ0) is 20.4. The lowest BCUT2D eigenvalue weighted by atomic mass is 9.69. The van der Waals surface area contributed by atoms with Crippen molar-refractivity contribution in [2.45, 2.75) is 71.3 Å². The van der Waals surface area contributed by atoms with E-state index < -0.39 is 0 Å². The van der Waals surface area contributed by atoms with Crippen LogP contribution in [0.4, 0.5) is 0 Å². The summed E-state index contributed by atoms with van der Waals surface area (Å²) in [6.45, 7) is 13.0. The molecule has 29 heavy (non-hydrogen) atoms. The zero-order valence-corrected chi connectivity index (χ0v) is 18.5. The molecule has 1 aliphatic carbocycles. The van der Waals surface area contributed by atoms with Crippen molar-refractivity contribution in [3.63, 3.8) is 0 Å². The topological polar surface area (TPSA) is 3.88 Å². The minimum atomic E-state index is 0.00348. The van der Waals surface area contributed by atoms with Gasteiger partial charge in [0.25, 0.3) is 0 Å². The highest BCUT2D eigenvalue weighted by molar-refractivity contribution is 5.88. The van der Waals surface area contributed by atoms with Crippen LogP contribution in [0.1, 0.15) is 69.2 Å². The number of nitrogens with zero attached hydrogens (tertiary/aromatic N) is 1. The van der Waals surface area contributed by atoms with Crippen molar-refractivity contribution >= 4 is 0 Å². The summed E-state index contributed by atoms with van der Waals surface area (Å²) < 4.78 is 2.56. The largest absolute Gasteiger partial charge is 0.217 e. The van der Waals surface area contributed by atoms with Gasteiger partial charge in [-0.25, -0.2) is 0 Å². The highest BCUT2D eigenvalue weighted by Crippen LogP contribution is 2.57. The van der Waals surface area contributed by atoms with Gasteiger partial charge in [0.15, 0.2) is 6.20 Å². The molecule has 1 heteroatoms. The third-order valence-electron chi connectivity index (χ3n) is 7.96. The number of pyridine rings is 1. The van der Waals surface area contributed by atoms with Gasteiger partial charge in [0.1, 0.15) is 6.54 Å². The number of benzene rings is 2.